The van der Waals surface area contributed by atoms with Gasteiger partial charge < -0.3 is 39.0 Å². The number of esters is 3. The first-order chi connectivity index (χ1) is 39.6. The number of aliphatic carboxylic acids is 1. The lowest BCUT2D eigenvalue weighted by atomic mass is 9.98. The Morgan fingerprint density at radius 2 is 0.778 bits per heavy atom. The molecule has 0 radical (unpaired) electrons. The molecule has 0 spiro atoms. The van der Waals surface area contributed by atoms with Crippen molar-refractivity contribution < 1.29 is 58.2 Å². The highest BCUT2D eigenvalue weighted by Crippen LogP contribution is 2.26. The Kier molecular flexibility index (Phi) is 51.7. The first kappa shape index (κ1) is 74.7. The molecule has 462 valence electrons. The van der Waals surface area contributed by atoms with E-state index in [1.807, 2.05) is 0 Å². The highest BCUT2D eigenvalue weighted by atomic mass is 16.7. The maximum atomic E-state index is 13.2. The van der Waals surface area contributed by atoms with E-state index in [9.17, 15) is 34.5 Å². The van der Waals surface area contributed by atoms with E-state index in [1.165, 1.54) is 44.9 Å². The topological polar surface area (TPSA) is 175 Å². The van der Waals surface area contributed by atoms with Crippen LogP contribution in [-0.2, 0) is 42.9 Å². The van der Waals surface area contributed by atoms with Crippen LogP contribution in [0.15, 0.2) is 97.2 Å². The summed E-state index contributed by atoms with van der Waals surface area (Å²) in [4.78, 5) is 51.3. The third-order valence-corrected chi connectivity index (χ3v) is 14.1. The molecule has 0 aliphatic carbocycles. The zero-order valence-corrected chi connectivity index (χ0v) is 51.0. The largest absolute Gasteiger partial charge is 0.479 e. The monoisotopic (exact) mass is 1130 g/mol. The zero-order chi connectivity index (χ0) is 58.9. The third-order valence-electron chi connectivity index (χ3n) is 14.1. The maximum absolute atomic E-state index is 13.2. The summed E-state index contributed by atoms with van der Waals surface area (Å²) in [5, 5.41) is 31.6. The standard InChI is InChI=1S/C69H114O12/c1-4-7-10-13-16-19-22-25-28-30-31-33-35-37-40-43-46-49-52-55-61(70)77-58-60(79-62(71)56-53-50-47-44-41-39-36-32-29-26-23-20-17-14-11-8-5-2)59-78-69-67(65(74)64(73)66(81-69)68(75)76)80-63(72)57-54-51-48-45-42-38-34-27-24-21-18-15-12-9-6-3/h7,10,16-21,25-29,31,33-34,60,64-67,69,73-74H,4-6,8-9,11-15,22-24,30,32,35-59H2,1-3H3,(H,75,76)/b10-7-,19-16-,20-17-,21-18-,28-25-,29-26-,33-31-,34-27-. The van der Waals surface area contributed by atoms with Gasteiger partial charge in [0.25, 0.3) is 0 Å². The van der Waals surface area contributed by atoms with Crippen molar-refractivity contribution in [3.8, 4) is 0 Å². The maximum Gasteiger partial charge on any atom is 0.335 e. The van der Waals surface area contributed by atoms with Gasteiger partial charge >= 0.3 is 23.9 Å². The molecule has 0 bridgehead atoms. The molecule has 12 heteroatoms. The summed E-state index contributed by atoms with van der Waals surface area (Å²) in [6, 6.07) is 0. The highest BCUT2D eigenvalue weighted by molar-refractivity contribution is 5.74. The number of aliphatic hydroxyl groups excluding tert-OH is 2. The highest BCUT2D eigenvalue weighted by Gasteiger charge is 2.50. The van der Waals surface area contributed by atoms with E-state index in [4.69, 9.17) is 23.7 Å². The number of rotatable bonds is 54. The van der Waals surface area contributed by atoms with Crippen molar-refractivity contribution in [3.63, 3.8) is 0 Å². The summed E-state index contributed by atoms with van der Waals surface area (Å²) >= 11 is 0. The summed E-state index contributed by atoms with van der Waals surface area (Å²) in [5.41, 5.74) is 0. The normalized spacial score (nSPS) is 18.4. The van der Waals surface area contributed by atoms with E-state index in [1.54, 1.807) is 0 Å². The summed E-state index contributed by atoms with van der Waals surface area (Å²) < 4.78 is 28.5. The van der Waals surface area contributed by atoms with Crippen LogP contribution in [-0.4, -0.2) is 89.2 Å². The molecule has 6 unspecified atom stereocenters. The Morgan fingerprint density at radius 3 is 1.19 bits per heavy atom. The molecule has 0 aromatic carbocycles. The van der Waals surface area contributed by atoms with Crippen molar-refractivity contribution in [1.29, 1.82) is 0 Å². The van der Waals surface area contributed by atoms with Gasteiger partial charge in [-0.1, -0.05) is 221 Å². The Hall–Kier alpha value is -4.36. The van der Waals surface area contributed by atoms with Crippen LogP contribution in [0.1, 0.15) is 265 Å². The Morgan fingerprint density at radius 1 is 0.420 bits per heavy atom. The first-order valence-electron chi connectivity index (χ1n) is 32.2. The van der Waals surface area contributed by atoms with E-state index >= 15 is 0 Å². The molecule has 1 aliphatic rings. The lowest BCUT2D eigenvalue weighted by Gasteiger charge is -2.40. The third kappa shape index (κ3) is 45.8. The molecule has 1 rings (SSSR count). The summed E-state index contributed by atoms with van der Waals surface area (Å²) in [7, 11) is 0. The second-order valence-corrected chi connectivity index (χ2v) is 21.7. The van der Waals surface area contributed by atoms with Crippen molar-refractivity contribution in [2.45, 2.75) is 302 Å². The number of unbranched alkanes of at least 4 members (excludes halogenated alkanes) is 24. The van der Waals surface area contributed by atoms with E-state index in [-0.39, 0.29) is 25.9 Å². The van der Waals surface area contributed by atoms with Crippen LogP contribution in [0.4, 0.5) is 0 Å². The molecule has 1 saturated heterocycles. The van der Waals surface area contributed by atoms with Crippen molar-refractivity contribution in [2.24, 2.45) is 0 Å². The van der Waals surface area contributed by atoms with Crippen LogP contribution < -0.4 is 0 Å². The van der Waals surface area contributed by atoms with Gasteiger partial charge in [0.05, 0.1) is 6.61 Å². The Labute approximate surface area is 492 Å². The average Bonchev–Trinajstić information content (AvgIpc) is 3.53. The fraction of sp³-hybridized carbons (Fsp3) is 0.710. The molecule has 1 fully saturated rings. The number of hydrogen-bond acceptors (Lipinski definition) is 11. The minimum atomic E-state index is -1.92. The number of aliphatic hydroxyl groups is 2. The number of carboxylic acids is 1. The van der Waals surface area contributed by atoms with E-state index in [2.05, 4.69) is 118 Å². The van der Waals surface area contributed by atoms with Crippen molar-refractivity contribution >= 4 is 23.9 Å². The lowest BCUT2D eigenvalue weighted by molar-refractivity contribution is -0.301. The molecule has 0 amide bonds. The van der Waals surface area contributed by atoms with Gasteiger partial charge in [0, 0.05) is 19.3 Å². The van der Waals surface area contributed by atoms with Crippen molar-refractivity contribution in [1.82, 2.24) is 0 Å². The van der Waals surface area contributed by atoms with Gasteiger partial charge in [0.15, 0.2) is 24.6 Å². The molecule has 0 saturated carbocycles. The number of hydrogen-bond donors (Lipinski definition) is 3. The molecule has 12 nitrogen and oxygen atoms in total. The average molecular weight is 1140 g/mol. The SMILES string of the molecule is CC/C=C\C/C=C\C/C=C\C/C=C\CCCCCCCCC(=O)OCC(COC1OC(C(=O)O)C(O)C(O)C1OC(=O)CCCCCCC/C=C\C/C=C\CCCCC)OC(=O)CCCCCCCCC/C=C\C/C=C\CCCCC. The molecule has 3 N–H and O–H groups in total. The minimum Gasteiger partial charge on any atom is -0.479 e. The van der Waals surface area contributed by atoms with Crippen LogP contribution in [0, 0.1) is 0 Å². The van der Waals surface area contributed by atoms with Gasteiger partial charge in [-0.2, -0.15) is 0 Å². The molecular weight excluding hydrogens is 1020 g/mol. The summed E-state index contributed by atoms with van der Waals surface area (Å²) in [5.74, 6) is -3.16. The van der Waals surface area contributed by atoms with Crippen LogP contribution >= 0.6 is 0 Å². The fourth-order valence-corrected chi connectivity index (χ4v) is 9.18. The Bertz CT molecular complexity index is 1780. The fourth-order valence-electron chi connectivity index (χ4n) is 9.18. The smallest absolute Gasteiger partial charge is 0.335 e. The number of ether oxygens (including phenoxy) is 5. The summed E-state index contributed by atoms with van der Waals surface area (Å²) in [6.07, 6.45) is 62.1. The first-order valence-corrected chi connectivity index (χ1v) is 32.2. The molecule has 6 atom stereocenters. The van der Waals surface area contributed by atoms with Crippen LogP contribution in [0.5, 0.6) is 0 Å². The molecule has 0 aromatic rings. The van der Waals surface area contributed by atoms with E-state index < -0.39 is 67.3 Å². The number of carboxylic acid groups (broad SMARTS) is 1. The number of carbonyl (C=O) groups is 4. The van der Waals surface area contributed by atoms with Gasteiger partial charge in [0.2, 0.25) is 0 Å². The molecule has 0 aromatic heterocycles. The van der Waals surface area contributed by atoms with E-state index in [0.29, 0.717) is 19.3 Å². The Balaban J connectivity index is 2.69. The van der Waals surface area contributed by atoms with Crippen LogP contribution in [0.25, 0.3) is 0 Å². The second-order valence-electron chi connectivity index (χ2n) is 21.7. The van der Waals surface area contributed by atoms with E-state index in [0.717, 1.165) is 161 Å². The zero-order valence-electron chi connectivity index (χ0n) is 51.0. The number of allylic oxidation sites excluding steroid dienone is 16. The second kappa shape index (κ2) is 56.1. The van der Waals surface area contributed by atoms with Crippen LogP contribution in [0.3, 0.4) is 0 Å². The van der Waals surface area contributed by atoms with Gasteiger partial charge in [-0.3, -0.25) is 14.4 Å². The van der Waals surface area contributed by atoms with Crippen molar-refractivity contribution in [3.05, 3.63) is 97.2 Å². The summed E-state index contributed by atoms with van der Waals surface area (Å²) in [6.45, 7) is 5.82. The minimum absolute atomic E-state index is 0.0386. The predicted octanol–water partition coefficient (Wildman–Crippen LogP) is 17.2. The lowest BCUT2D eigenvalue weighted by Crippen LogP contribution is -2.61. The quantitative estimate of drug-likeness (QED) is 0.0228. The predicted molar refractivity (Wildman–Crippen MR) is 331 cm³/mol. The van der Waals surface area contributed by atoms with Gasteiger partial charge in [-0.25, -0.2) is 4.79 Å². The van der Waals surface area contributed by atoms with Gasteiger partial charge in [-0.05, 0) is 122 Å². The molecular formula is C69H114O12. The number of carbonyl (C=O) groups excluding carboxylic acids is 3. The van der Waals surface area contributed by atoms with Crippen LogP contribution in [0.2, 0.25) is 0 Å². The molecule has 1 aliphatic heterocycles. The van der Waals surface area contributed by atoms with Gasteiger partial charge in [0.1, 0.15) is 18.8 Å². The molecule has 1 heterocycles. The van der Waals surface area contributed by atoms with Gasteiger partial charge in [-0.15, -0.1) is 0 Å². The van der Waals surface area contributed by atoms with Crippen molar-refractivity contribution in [2.75, 3.05) is 13.2 Å². The molecule has 81 heavy (non-hydrogen) atoms.